The molecule has 3 rings (SSSR count). The molecule has 1 saturated heterocycles. The Morgan fingerprint density at radius 1 is 1.40 bits per heavy atom. The lowest BCUT2D eigenvalue weighted by Gasteiger charge is -2.22. The van der Waals surface area contributed by atoms with E-state index < -0.39 is 12.2 Å². The second kappa shape index (κ2) is 7.61. The zero-order valence-corrected chi connectivity index (χ0v) is 14.1. The van der Waals surface area contributed by atoms with Crippen LogP contribution in [0.3, 0.4) is 0 Å². The third-order valence-electron chi connectivity index (χ3n) is 4.30. The minimum Gasteiger partial charge on any atom is -0.487 e. The first-order valence-corrected chi connectivity index (χ1v) is 8.27. The Hall–Kier alpha value is -2.47. The SMILES string of the molecule is Cc1ccc(OCc2cccc(C(=O)N3C[C@@H](F)C[C@H]3CO)c2)cn1. The standard InChI is InChI=1S/C19H21FN2O3/c1-13-5-6-18(9-21-13)25-12-14-3-2-4-15(7-14)19(24)22-10-16(20)8-17(22)11-23/h2-7,9,16-17,23H,8,10-12H2,1H3/t16-,17-/m0/s1. The summed E-state index contributed by atoms with van der Waals surface area (Å²) in [5, 5.41) is 9.35. The van der Waals surface area contributed by atoms with Crippen LogP contribution in [-0.2, 0) is 6.61 Å². The van der Waals surface area contributed by atoms with Crippen molar-refractivity contribution in [2.75, 3.05) is 13.2 Å². The van der Waals surface area contributed by atoms with Crippen LogP contribution >= 0.6 is 0 Å². The number of pyridine rings is 1. The Bertz CT molecular complexity index is 736. The summed E-state index contributed by atoms with van der Waals surface area (Å²) in [6, 6.07) is 10.3. The number of ether oxygens (including phenoxy) is 1. The Morgan fingerprint density at radius 2 is 2.24 bits per heavy atom. The normalized spacial score (nSPS) is 19.9. The number of aryl methyl sites for hydroxylation is 1. The van der Waals surface area contributed by atoms with Gasteiger partial charge in [-0.15, -0.1) is 0 Å². The van der Waals surface area contributed by atoms with E-state index in [2.05, 4.69) is 4.98 Å². The molecule has 1 N–H and O–H groups in total. The highest BCUT2D eigenvalue weighted by molar-refractivity contribution is 5.94. The molecule has 0 saturated carbocycles. The molecular weight excluding hydrogens is 323 g/mol. The van der Waals surface area contributed by atoms with Crippen molar-refractivity contribution in [2.24, 2.45) is 0 Å². The van der Waals surface area contributed by atoms with Crippen molar-refractivity contribution in [3.63, 3.8) is 0 Å². The van der Waals surface area contributed by atoms with Gasteiger partial charge in [0.15, 0.2) is 0 Å². The van der Waals surface area contributed by atoms with Gasteiger partial charge in [-0.1, -0.05) is 12.1 Å². The number of hydrogen-bond donors (Lipinski definition) is 1. The number of amides is 1. The molecule has 1 aliphatic rings. The molecule has 1 aromatic carbocycles. The third kappa shape index (κ3) is 4.14. The maximum atomic E-state index is 13.6. The molecule has 2 heterocycles. The van der Waals surface area contributed by atoms with Gasteiger partial charge in [-0.3, -0.25) is 9.78 Å². The Morgan fingerprint density at radius 3 is 2.96 bits per heavy atom. The first-order valence-electron chi connectivity index (χ1n) is 8.27. The topological polar surface area (TPSA) is 62.7 Å². The molecule has 0 spiro atoms. The number of carbonyl (C=O) groups excluding carboxylic acids is 1. The molecule has 1 aromatic heterocycles. The zero-order chi connectivity index (χ0) is 17.8. The summed E-state index contributed by atoms with van der Waals surface area (Å²) in [6.07, 6.45) is 0.759. The lowest BCUT2D eigenvalue weighted by molar-refractivity contribution is 0.0672. The quantitative estimate of drug-likeness (QED) is 0.905. The van der Waals surface area contributed by atoms with Crippen LogP contribution < -0.4 is 4.74 Å². The van der Waals surface area contributed by atoms with Gasteiger partial charge in [0.25, 0.3) is 5.91 Å². The fourth-order valence-electron chi connectivity index (χ4n) is 2.95. The molecular formula is C19H21FN2O3. The Kier molecular flexibility index (Phi) is 5.28. The molecule has 0 aliphatic carbocycles. The summed E-state index contributed by atoms with van der Waals surface area (Å²) in [5.41, 5.74) is 2.22. The summed E-state index contributed by atoms with van der Waals surface area (Å²) in [6.45, 7) is 2.01. The van der Waals surface area contributed by atoms with Crippen LogP contribution in [0.25, 0.3) is 0 Å². The highest BCUT2D eigenvalue weighted by Crippen LogP contribution is 2.23. The highest BCUT2D eigenvalue weighted by atomic mass is 19.1. The molecule has 5 nitrogen and oxygen atoms in total. The lowest BCUT2D eigenvalue weighted by atomic mass is 10.1. The van der Waals surface area contributed by atoms with Crippen LogP contribution in [0.1, 0.15) is 28.0 Å². The number of rotatable bonds is 5. The maximum absolute atomic E-state index is 13.6. The molecule has 2 aromatic rings. The molecule has 0 bridgehead atoms. The van der Waals surface area contributed by atoms with Gasteiger partial charge in [0.1, 0.15) is 18.5 Å². The van der Waals surface area contributed by atoms with Gasteiger partial charge in [-0.05, 0) is 36.8 Å². The molecule has 25 heavy (non-hydrogen) atoms. The average Bonchev–Trinajstić information content (AvgIpc) is 3.02. The van der Waals surface area contributed by atoms with Crippen LogP contribution in [0.2, 0.25) is 0 Å². The first-order chi connectivity index (χ1) is 12.1. The molecule has 1 fully saturated rings. The third-order valence-corrected chi connectivity index (χ3v) is 4.30. The average molecular weight is 344 g/mol. The lowest BCUT2D eigenvalue weighted by Crippen LogP contribution is -2.37. The molecule has 6 heteroatoms. The second-order valence-electron chi connectivity index (χ2n) is 6.25. The number of nitrogens with zero attached hydrogens (tertiary/aromatic N) is 2. The molecule has 1 amide bonds. The van der Waals surface area contributed by atoms with E-state index in [1.165, 1.54) is 4.90 Å². The zero-order valence-electron chi connectivity index (χ0n) is 14.1. The van der Waals surface area contributed by atoms with E-state index in [9.17, 15) is 14.3 Å². The number of halogens is 1. The van der Waals surface area contributed by atoms with Gasteiger partial charge in [0, 0.05) is 17.7 Å². The Labute approximate surface area is 146 Å². The van der Waals surface area contributed by atoms with E-state index in [0.29, 0.717) is 17.9 Å². The number of carbonyl (C=O) groups is 1. The monoisotopic (exact) mass is 344 g/mol. The summed E-state index contributed by atoms with van der Waals surface area (Å²) in [4.78, 5) is 18.2. The van der Waals surface area contributed by atoms with Crippen molar-refractivity contribution in [1.82, 2.24) is 9.88 Å². The fourth-order valence-corrected chi connectivity index (χ4v) is 2.95. The van der Waals surface area contributed by atoms with E-state index in [1.807, 2.05) is 25.1 Å². The van der Waals surface area contributed by atoms with E-state index in [-0.39, 0.29) is 25.5 Å². The van der Waals surface area contributed by atoms with Gasteiger partial charge >= 0.3 is 0 Å². The van der Waals surface area contributed by atoms with Crippen molar-refractivity contribution in [3.05, 3.63) is 59.4 Å². The summed E-state index contributed by atoms with van der Waals surface area (Å²) in [7, 11) is 0. The predicted octanol–water partition coefficient (Wildman–Crippen LogP) is 2.51. The van der Waals surface area contributed by atoms with Crippen molar-refractivity contribution in [3.8, 4) is 5.75 Å². The van der Waals surface area contributed by atoms with Crippen LogP contribution in [0, 0.1) is 6.92 Å². The number of alkyl halides is 1. The number of likely N-dealkylation sites (tertiary alicyclic amines) is 1. The van der Waals surface area contributed by atoms with E-state index in [4.69, 9.17) is 4.74 Å². The van der Waals surface area contributed by atoms with E-state index in [0.717, 1.165) is 11.3 Å². The van der Waals surface area contributed by atoms with Crippen LogP contribution in [-0.4, -0.2) is 46.3 Å². The van der Waals surface area contributed by atoms with E-state index in [1.54, 1.807) is 24.4 Å². The first kappa shape index (κ1) is 17.4. The van der Waals surface area contributed by atoms with Gasteiger partial charge in [-0.25, -0.2) is 4.39 Å². The van der Waals surface area contributed by atoms with E-state index >= 15 is 0 Å². The summed E-state index contributed by atoms with van der Waals surface area (Å²) in [5.74, 6) is 0.389. The number of aromatic nitrogens is 1. The number of hydrogen-bond acceptors (Lipinski definition) is 4. The smallest absolute Gasteiger partial charge is 0.254 e. The number of aliphatic hydroxyl groups is 1. The minimum atomic E-state index is -1.08. The largest absolute Gasteiger partial charge is 0.487 e. The minimum absolute atomic E-state index is 0.0276. The van der Waals surface area contributed by atoms with Gasteiger partial charge < -0.3 is 14.7 Å². The maximum Gasteiger partial charge on any atom is 0.254 e. The van der Waals surface area contributed by atoms with Crippen molar-refractivity contribution < 1.29 is 19.0 Å². The summed E-state index contributed by atoms with van der Waals surface area (Å²) >= 11 is 0. The molecule has 2 atom stereocenters. The van der Waals surface area contributed by atoms with Crippen molar-refractivity contribution >= 4 is 5.91 Å². The highest BCUT2D eigenvalue weighted by Gasteiger charge is 2.35. The number of benzene rings is 1. The molecule has 1 aliphatic heterocycles. The summed E-state index contributed by atoms with van der Waals surface area (Å²) < 4.78 is 19.3. The van der Waals surface area contributed by atoms with Crippen molar-refractivity contribution in [2.45, 2.75) is 32.2 Å². The number of aliphatic hydroxyl groups excluding tert-OH is 1. The predicted molar refractivity (Wildman–Crippen MR) is 91.2 cm³/mol. The van der Waals surface area contributed by atoms with Crippen molar-refractivity contribution in [1.29, 1.82) is 0 Å². The van der Waals surface area contributed by atoms with Gasteiger partial charge in [-0.2, -0.15) is 0 Å². The van der Waals surface area contributed by atoms with Crippen LogP contribution in [0.5, 0.6) is 5.75 Å². The van der Waals surface area contributed by atoms with Gasteiger partial charge in [0.2, 0.25) is 0 Å². The fraction of sp³-hybridized carbons (Fsp3) is 0.368. The molecule has 0 unspecified atom stereocenters. The second-order valence-corrected chi connectivity index (χ2v) is 6.25. The molecule has 132 valence electrons. The Balaban J connectivity index is 1.68. The van der Waals surface area contributed by atoms with Crippen LogP contribution in [0.4, 0.5) is 4.39 Å². The molecule has 0 radical (unpaired) electrons. The van der Waals surface area contributed by atoms with Crippen LogP contribution in [0.15, 0.2) is 42.6 Å². The van der Waals surface area contributed by atoms with Gasteiger partial charge in [0.05, 0.1) is 25.4 Å².